The average Bonchev–Trinajstić information content (AvgIpc) is 2.68. The van der Waals surface area contributed by atoms with Crippen LogP contribution >= 0.6 is 0 Å². The lowest BCUT2D eigenvalue weighted by Crippen LogP contribution is -2.49. The number of benzene rings is 2. The smallest absolute Gasteiger partial charge is 0.243 e. The Bertz CT molecular complexity index is 913. The Balaban J connectivity index is 1.84. The molecule has 0 aliphatic carbocycles. The van der Waals surface area contributed by atoms with Gasteiger partial charge in [0, 0.05) is 12.2 Å². The molecule has 144 valence electrons. The number of hydrogen-bond acceptors (Lipinski definition) is 3. The molecule has 0 saturated carbocycles. The highest BCUT2D eigenvalue weighted by atomic mass is 32.2. The summed E-state index contributed by atoms with van der Waals surface area (Å²) in [5, 5.41) is 2.84. The normalized spacial score (nSPS) is 18.2. The lowest BCUT2D eigenvalue weighted by Gasteiger charge is -2.33. The fourth-order valence-corrected chi connectivity index (χ4v) is 4.95. The minimum absolute atomic E-state index is 0.00317. The predicted molar refractivity (Wildman–Crippen MR) is 102 cm³/mol. The van der Waals surface area contributed by atoms with E-state index >= 15 is 0 Å². The number of aryl methyl sites for hydroxylation is 1. The maximum atomic E-state index is 13.2. The number of carbonyl (C=O) groups excluding carboxylic acids is 1. The lowest BCUT2D eigenvalue weighted by atomic mass is 10.0. The fraction of sp³-hybridized carbons (Fsp3) is 0.350. The molecule has 0 aromatic heterocycles. The van der Waals surface area contributed by atoms with Crippen molar-refractivity contribution in [2.24, 2.45) is 0 Å². The van der Waals surface area contributed by atoms with Gasteiger partial charge in [-0.05, 0) is 61.2 Å². The zero-order chi connectivity index (χ0) is 19.4. The molecule has 1 atom stereocenters. The standard InChI is InChI=1S/C20H23FN2O3S/c1-2-15-6-5-7-17(14-15)22-20(24)19-8-3-4-13-23(19)27(25,26)18-11-9-16(21)10-12-18/h5-7,9-12,14,19H,2-4,8,13H2,1H3,(H,22,24)/t19-/m0/s1. The van der Waals surface area contributed by atoms with Crippen LogP contribution in [0.2, 0.25) is 0 Å². The van der Waals surface area contributed by atoms with Crippen molar-refractivity contribution in [3.8, 4) is 0 Å². The van der Waals surface area contributed by atoms with Crippen LogP contribution in [0.3, 0.4) is 0 Å². The molecule has 27 heavy (non-hydrogen) atoms. The second-order valence-electron chi connectivity index (χ2n) is 6.62. The molecule has 1 N–H and O–H groups in total. The van der Waals surface area contributed by atoms with Gasteiger partial charge in [0.25, 0.3) is 0 Å². The van der Waals surface area contributed by atoms with E-state index in [9.17, 15) is 17.6 Å². The summed E-state index contributed by atoms with van der Waals surface area (Å²) in [6.45, 7) is 2.30. The number of carbonyl (C=O) groups is 1. The van der Waals surface area contributed by atoms with E-state index < -0.39 is 21.9 Å². The second kappa shape index (κ2) is 8.19. The van der Waals surface area contributed by atoms with Crippen molar-refractivity contribution in [1.29, 1.82) is 0 Å². The number of halogens is 1. The number of rotatable bonds is 5. The quantitative estimate of drug-likeness (QED) is 0.849. The largest absolute Gasteiger partial charge is 0.325 e. The molecule has 0 spiro atoms. The highest BCUT2D eigenvalue weighted by Gasteiger charge is 2.37. The van der Waals surface area contributed by atoms with Crippen molar-refractivity contribution in [2.45, 2.75) is 43.5 Å². The van der Waals surface area contributed by atoms with Crippen LogP contribution in [0.4, 0.5) is 10.1 Å². The number of sulfonamides is 1. The van der Waals surface area contributed by atoms with Crippen LogP contribution in [0, 0.1) is 5.82 Å². The van der Waals surface area contributed by atoms with Gasteiger partial charge in [0.1, 0.15) is 11.9 Å². The third kappa shape index (κ3) is 4.36. The van der Waals surface area contributed by atoms with Crippen molar-refractivity contribution >= 4 is 21.6 Å². The molecule has 0 bridgehead atoms. The molecule has 1 aliphatic rings. The monoisotopic (exact) mass is 390 g/mol. The highest BCUT2D eigenvalue weighted by Crippen LogP contribution is 2.26. The van der Waals surface area contributed by atoms with E-state index in [1.165, 1.54) is 16.4 Å². The van der Waals surface area contributed by atoms with Gasteiger partial charge >= 0.3 is 0 Å². The van der Waals surface area contributed by atoms with Crippen LogP contribution in [0.15, 0.2) is 53.4 Å². The first kappa shape index (κ1) is 19.5. The summed E-state index contributed by atoms with van der Waals surface area (Å²) in [5.41, 5.74) is 1.75. The average molecular weight is 390 g/mol. The molecule has 5 nitrogen and oxygen atoms in total. The van der Waals surface area contributed by atoms with E-state index in [2.05, 4.69) is 5.32 Å². The van der Waals surface area contributed by atoms with Crippen molar-refractivity contribution in [3.63, 3.8) is 0 Å². The summed E-state index contributed by atoms with van der Waals surface area (Å²) in [4.78, 5) is 12.8. The van der Waals surface area contributed by atoms with Crippen LogP contribution in [0.1, 0.15) is 31.7 Å². The first-order chi connectivity index (χ1) is 12.9. The summed E-state index contributed by atoms with van der Waals surface area (Å²) >= 11 is 0. The van der Waals surface area contributed by atoms with E-state index in [4.69, 9.17) is 0 Å². The van der Waals surface area contributed by atoms with Gasteiger partial charge in [-0.15, -0.1) is 0 Å². The van der Waals surface area contributed by atoms with E-state index in [1.54, 1.807) is 6.07 Å². The summed E-state index contributed by atoms with van der Waals surface area (Å²) in [5.74, 6) is -0.841. The fourth-order valence-electron chi connectivity index (χ4n) is 3.29. The number of amides is 1. The van der Waals surface area contributed by atoms with Crippen LogP contribution < -0.4 is 5.32 Å². The Kier molecular flexibility index (Phi) is 5.92. The van der Waals surface area contributed by atoms with Crippen LogP contribution in [-0.4, -0.2) is 31.2 Å². The van der Waals surface area contributed by atoms with E-state index in [-0.39, 0.29) is 17.3 Å². The summed E-state index contributed by atoms with van der Waals surface area (Å²) < 4.78 is 40.4. The van der Waals surface area contributed by atoms with Gasteiger partial charge < -0.3 is 5.32 Å². The zero-order valence-electron chi connectivity index (χ0n) is 15.2. The van der Waals surface area contributed by atoms with Gasteiger partial charge in [0.15, 0.2) is 0 Å². The van der Waals surface area contributed by atoms with Crippen molar-refractivity contribution < 1.29 is 17.6 Å². The molecule has 0 radical (unpaired) electrons. The molecule has 0 unspecified atom stereocenters. The molecule has 1 saturated heterocycles. The van der Waals surface area contributed by atoms with Gasteiger partial charge in [-0.1, -0.05) is 25.5 Å². The molecule has 1 heterocycles. The Morgan fingerprint density at radius 2 is 1.93 bits per heavy atom. The number of anilines is 1. The maximum absolute atomic E-state index is 13.2. The highest BCUT2D eigenvalue weighted by molar-refractivity contribution is 7.89. The third-order valence-corrected chi connectivity index (χ3v) is 6.70. The first-order valence-corrected chi connectivity index (χ1v) is 10.5. The molecule has 2 aromatic carbocycles. The van der Waals surface area contributed by atoms with Gasteiger partial charge in [0.2, 0.25) is 15.9 Å². The number of hydrogen-bond donors (Lipinski definition) is 1. The van der Waals surface area contributed by atoms with Crippen molar-refractivity contribution in [3.05, 3.63) is 59.9 Å². The minimum atomic E-state index is -3.87. The van der Waals surface area contributed by atoms with Gasteiger partial charge in [-0.25, -0.2) is 12.8 Å². The Hall–Kier alpha value is -2.25. The van der Waals surface area contributed by atoms with E-state index in [0.29, 0.717) is 18.5 Å². The molecular formula is C20H23FN2O3S. The third-order valence-electron chi connectivity index (χ3n) is 4.78. The Morgan fingerprint density at radius 3 is 2.63 bits per heavy atom. The number of nitrogens with one attached hydrogen (secondary N) is 1. The molecule has 7 heteroatoms. The number of piperidine rings is 1. The topological polar surface area (TPSA) is 66.5 Å². The first-order valence-electron chi connectivity index (χ1n) is 9.09. The summed E-state index contributed by atoms with van der Waals surface area (Å²) in [6, 6.07) is 11.4. The molecule has 2 aromatic rings. The SMILES string of the molecule is CCc1cccc(NC(=O)[C@@H]2CCCCN2S(=O)(=O)c2ccc(F)cc2)c1. The zero-order valence-corrected chi connectivity index (χ0v) is 16.0. The van der Waals surface area contributed by atoms with Crippen LogP contribution in [-0.2, 0) is 21.2 Å². The van der Waals surface area contributed by atoms with Crippen LogP contribution in [0.5, 0.6) is 0 Å². The maximum Gasteiger partial charge on any atom is 0.243 e. The number of nitrogens with zero attached hydrogens (tertiary/aromatic N) is 1. The molecular weight excluding hydrogens is 367 g/mol. The predicted octanol–water partition coefficient (Wildman–Crippen LogP) is 3.57. The minimum Gasteiger partial charge on any atom is -0.325 e. The van der Waals surface area contributed by atoms with Crippen molar-refractivity contribution in [1.82, 2.24) is 4.31 Å². The Morgan fingerprint density at radius 1 is 1.19 bits per heavy atom. The molecule has 3 rings (SSSR count). The second-order valence-corrected chi connectivity index (χ2v) is 8.51. The van der Waals surface area contributed by atoms with E-state index in [1.807, 2.05) is 25.1 Å². The summed E-state index contributed by atoms with van der Waals surface area (Å²) in [6.07, 6.45) is 2.77. The summed E-state index contributed by atoms with van der Waals surface area (Å²) in [7, 11) is -3.87. The van der Waals surface area contributed by atoms with Gasteiger partial charge in [-0.2, -0.15) is 4.31 Å². The molecule has 1 amide bonds. The van der Waals surface area contributed by atoms with Gasteiger partial charge in [-0.3, -0.25) is 4.79 Å². The van der Waals surface area contributed by atoms with Gasteiger partial charge in [0.05, 0.1) is 4.90 Å². The molecule has 1 aliphatic heterocycles. The van der Waals surface area contributed by atoms with Crippen molar-refractivity contribution in [2.75, 3.05) is 11.9 Å². The Labute approximate surface area is 159 Å². The van der Waals surface area contributed by atoms with E-state index in [0.717, 1.165) is 30.5 Å². The lowest BCUT2D eigenvalue weighted by molar-refractivity contribution is -0.120. The molecule has 1 fully saturated rings. The van der Waals surface area contributed by atoms with Crippen LogP contribution in [0.25, 0.3) is 0 Å².